The molecule has 0 radical (unpaired) electrons. The zero-order valence-corrected chi connectivity index (χ0v) is 18.4. The maximum atomic E-state index is 13.3. The van der Waals surface area contributed by atoms with Crippen molar-refractivity contribution < 1.29 is 18.3 Å². The fourth-order valence-corrected chi connectivity index (χ4v) is 4.07. The van der Waals surface area contributed by atoms with E-state index in [9.17, 15) is 9.18 Å². The van der Waals surface area contributed by atoms with Gasteiger partial charge in [0.2, 0.25) is 5.90 Å². The summed E-state index contributed by atoms with van der Waals surface area (Å²) in [7, 11) is 0. The lowest BCUT2D eigenvalue weighted by Gasteiger charge is -2.07. The van der Waals surface area contributed by atoms with Gasteiger partial charge in [0.1, 0.15) is 23.8 Å². The molecule has 0 spiro atoms. The summed E-state index contributed by atoms with van der Waals surface area (Å²) in [5.41, 5.74) is 10.0. The first-order valence-electron chi connectivity index (χ1n) is 10.7. The molecule has 1 amide bonds. The molecule has 5 rings (SSSR count). The minimum Gasteiger partial charge on any atom is -0.475 e. The van der Waals surface area contributed by atoms with Crippen LogP contribution < -0.4 is 5.73 Å². The second-order valence-electron chi connectivity index (χ2n) is 8.88. The molecule has 166 valence electrons. The number of hydrogen-bond acceptors (Lipinski definition) is 4. The van der Waals surface area contributed by atoms with Crippen LogP contribution >= 0.6 is 0 Å². The van der Waals surface area contributed by atoms with Crippen molar-refractivity contribution in [1.29, 1.82) is 0 Å². The largest absolute Gasteiger partial charge is 0.475 e. The lowest BCUT2D eigenvalue weighted by Crippen LogP contribution is -2.17. The number of ether oxygens (including phenoxy) is 1. The Morgan fingerprint density at radius 1 is 1.03 bits per heavy atom. The first-order valence-corrected chi connectivity index (χ1v) is 10.7. The molecule has 0 unspecified atom stereocenters. The molecule has 1 aromatic heterocycles. The number of hydrogen-bond donors (Lipinski definition) is 1. The summed E-state index contributed by atoms with van der Waals surface area (Å²) in [4.78, 5) is 17.0. The van der Waals surface area contributed by atoms with Gasteiger partial charge >= 0.3 is 0 Å². The highest BCUT2D eigenvalue weighted by Gasteiger charge is 2.27. The molecule has 0 saturated heterocycles. The maximum Gasteiger partial charge on any atom is 0.252 e. The number of fused-ring (bicyclic) bond motifs is 1. The molecule has 6 heteroatoms. The number of rotatable bonds is 5. The van der Waals surface area contributed by atoms with Crippen LogP contribution in [-0.2, 0) is 11.2 Å². The van der Waals surface area contributed by atoms with Gasteiger partial charge in [-0.2, -0.15) is 0 Å². The van der Waals surface area contributed by atoms with Gasteiger partial charge in [0, 0.05) is 17.4 Å². The lowest BCUT2D eigenvalue weighted by atomic mass is 9.99. The zero-order chi connectivity index (χ0) is 23.2. The van der Waals surface area contributed by atoms with E-state index in [0.29, 0.717) is 41.2 Å². The average molecular weight is 442 g/mol. The molecule has 2 heterocycles. The van der Waals surface area contributed by atoms with E-state index >= 15 is 0 Å². The van der Waals surface area contributed by atoms with Crippen molar-refractivity contribution >= 4 is 22.8 Å². The SMILES string of the molecule is CC1(C)COC(c2cccc(-c3ccc4oc(Cc5ccc(F)cc5)c(C(N)=O)c4c3)c2)=N1. The van der Waals surface area contributed by atoms with Crippen molar-refractivity contribution in [3.05, 3.63) is 95.0 Å². The Morgan fingerprint density at radius 3 is 2.45 bits per heavy atom. The number of nitrogens with two attached hydrogens (primary N) is 1. The van der Waals surface area contributed by atoms with E-state index in [1.807, 2.05) is 56.3 Å². The predicted molar refractivity (Wildman–Crippen MR) is 126 cm³/mol. The summed E-state index contributed by atoms with van der Waals surface area (Å²) in [5.74, 6) is 0.215. The summed E-state index contributed by atoms with van der Waals surface area (Å²) in [5, 5.41) is 0.651. The second-order valence-corrected chi connectivity index (χ2v) is 8.88. The molecular weight excluding hydrogens is 419 g/mol. The minimum absolute atomic E-state index is 0.238. The van der Waals surface area contributed by atoms with Crippen LogP contribution in [0.1, 0.15) is 41.1 Å². The normalized spacial score (nSPS) is 14.8. The molecule has 1 aliphatic heterocycles. The van der Waals surface area contributed by atoms with Crippen LogP contribution in [0.3, 0.4) is 0 Å². The van der Waals surface area contributed by atoms with E-state index in [2.05, 4.69) is 4.99 Å². The van der Waals surface area contributed by atoms with Crippen LogP contribution in [0, 0.1) is 5.82 Å². The number of carbonyl (C=O) groups is 1. The standard InChI is InChI=1S/C27H23FN2O3/c1-27(2)15-32-26(30-27)19-5-3-4-17(13-19)18-8-11-22-21(14-18)24(25(29)31)23(33-22)12-16-6-9-20(28)10-7-16/h3-11,13-14H,12,15H2,1-2H3,(H2,29,31). The average Bonchev–Trinajstić information content (AvgIpc) is 3.34. The number of furan rings is 1. The summed E-state index contributed by atoms with van der Waals surface area (Å²) >= 11 is 0. The molecule has 3 aromatic carbocycles. The van der Waals surface area contributed by atoms with Gasteiger partial charge in [-0.1, -0.05) is 30.3 Å². The highest BCUT2D eigenvalue weighted by Crippen LogP contribution is 2.32. The van der Waals surface area contributed by atoms with Crippen molar-refractivity contribution in [1.82, 2.24) is 0 Å². The van der Waals surface area contributed by atoms with Crippen LogP contribution in [0.4, 0.5) is 4.39 Å². The third-order valence-corrected chi connectivity index (χ3v) is 5.69. The van der Waals surface area contributed by atoms with Gasteiger partial charge in [-0.05, 0) is 66.9 Å². The number of carbonyl (C=O) groups excluding carboxylic acids is 1. The molecule has 4 aromatic rings. The molecular formula is C27H23FN2O3. The molecule has 33 heavy (non-hydrogen) atoms. The number of primary amides is 1. The summed E-state index contributed by atoms with van der Waals surface area (Å²) in [6, 6.07) is 19.7. The van der Waals surface area contributed by atoms with E-state index in [1.165, 1.54) is 12.1 Å². The number of halogens is 1. The Balaban J connectivity index is 1.55. The fourth-order valence-electron chi connectivity index (χ4n) is 4.07. The van der Waals surface area contributed by atoms with Gasteiger partial charge in [0.05, 0.1) is 11.1 Å². The first kappa shape index (κ1) is 20.9. The molecule has 0 saturated carbocycles. The Bertz CT molecular complexity index is 1400. The molecule has 0 bridgehead atoms. The van der Waals surface area contributed by atoms with Gasteiger partial charge < -0.3 is 14.9 Å². The zero-order valence-electron chi connectivity index (χ0n) is 18.4. The number of amides is 1. The van der Waals surface area contributed by atoms with Gasteiger partial charge in [-0.3, -0.25) is 4.79 Å². The van der Waals surface area contributed by atoms with Crippen LogP contribution in [-0.4, -0.2) is 24.0 Å². The highest BCUT2D eigenvalue weighted by molar-refractivity contribution is 6.07. The molecule has 5 nitrogen and oxygen atoms in total. The molecule has 0 fully saturated rings. The minimum atomic E-state index is -0.562. The van der Waals surface area contributed by atoms with Gasteiger partial charge in [0.15, 0.2) is 0 Å². The third-order valence-electron chi connectivity index (χ3n) is 5.69. The Labute approximate surface area is 190 Å². The van der Waals surface area contributed by atoms with Crippen molar-refractivity contribution in [3.63, 3.8) is 0 Å². The first-order chi connectivity index (χ1) is 15.8. The van der Waals surface area contributed by atoms with Gasteiger partial charge in [0.25, 0.3) is 5.91 Å². The smallest absolute Gasteiger partial charge is 0.252 e. The van der Waals surface area contributed by atoms with Gasteiger partial charge in [-0.15, -0.1) is 0 Å². The summed E-state index contributed by atoms with van der Waals surface area (Å²) in [6.45, 7) is 4.61. The summed E-state index contributed by atoms with van der Waals surface area (Å²) < 4.78 is 25.0. The van der Waals surface area contributed by atoms with Crippen molar-refractivity contribution in [2.45, 2.75) is 25.8 Å². The molecule has 2 N–H and O–H groups in total. The van der Waals surface area contributed by atoms with E-state index in [0.717, 1.165) is 22.3 Å². The van der Waals surface area contributed by atoms with Crippen LogP contribution in [0.2, 0.25) is 0 Å². The van der Waals surface area contributed by atoms with E-state index in [-0.39, 0.29) is 11.4 Å². The number of nitrogens with zero attached hydrogens (tertiary/aromatic N) is 1. The second kappa shape index (κ2) is 7.89. The monoisotopic (exact) mass is 442 g/mol. The lowest BCUT2D eigenvalue weighted by molar-refractivity contribution is 0.1000. The number of benzene rings is 3. The third kappa shape index (κ3) is 4.12. The Hall–Kier alpha value is -3.93. The number of aliphatic imine (C=N–C) groups is 1. The predicted octanol–water partition coefficient (Wildman–Crippen LogP) is 5.48. The molecule has 1 aliphatic rings. The Kier molecular flexibility index (Phi) is 5.01. The van der Waals surface area contributed by atoms with Crippen LogP contribution in [0.25, 0.3) is 22.1 Å². The van der Waals surface area contributed by atoms with Crippen LogP contribution in [0.15, 0.2) is 76.1 Å². The highest BCUT2D eigenvalue weighted by atomic mass is 19.1. The van der Waals surface area contributed by atoms with Crippen LogP contribution in [0.5, 0.6) is 0 Å². The molecule has 0 aliphatic carbocycles. The van der Waals surface area contributed by atoms with Crippen molar-refractivity contribution in [3.8, 4) is 11.1 Å². The topological polar surface area (TPSA) is 77.8 Å². The Morgan fingerprint density at radius 2 is 1.76 bits per heavy atom. The quantitative estimate of drug-likeness (QED) is 0.444. The van der Waals surface area contributed by atoms with Crippen molar-refractivity contribution in [2.75, 3.05) is 6.61 Å². The van der Waals surface area contributed by atoms with Crippen molar-refractivity contribution in [2.24, 2.45) is 10.7 Å². The summed E-state index contributed by atoms with van der Waals surface area (Å²) in [6.07, 6.45) is 0.338. The molecule has 0 atom stereocenters. The van der Waals surface area contributed by atoms with E-state index in [4.69, 9.17) is 14.9 Å². The maximum absolute atomic E-state index is 13.3. The van der Waals surface area contributed by atoms with Gasteiger partial charge in [-0.25, -0.2) is 9.38 Å². The fraction of sp³-hybridized carbons (Fsp3) is 0.185. The van der Waals surface area contributed by atoms with E-state index in [1.54, 1.807) is 12.1 Å². The van der Waals surface area contributed by atoms with E-state index < -0.39 is 5.91 Å².